The van der Waals surface area contributed by atoms with Gasteiger partial charge in [-0.05, 0) is 69.1 Å². The number of hydrogen-bond acceptors (Lipinski definition) is 5. The summed E-state index contributed by atoms with van der Waals surface area (Å²) in [5, 5.41) is 20.5. The zero-order valence-corrected chi connectivity index (χ0v) is 21.2. The van der Waals surface area contributed by atoms with Crippen LogP contribution in [0.15, 0.2) is 41.3 Å². The number of fused-ring (bicyclic) bond motifs is 1. The highest BCUT2D eigenvalue weighted by Crippen LogP contribution is 2.44. The van der Waals surface area contributed by atoms with Gasteiger partial charge in [0.25, 0.3) is 5.56 Å². The van der Waals surface area contributed by atoms with E-state index in [2.05, 4.69) is 39.9 Å². The summed E-state index contributed by atoms with van der Waals surface area (Å²) in [7, 11) is -1.03. The van der Waals surface area contributed by atoms with Gasteiger partial charge in [0.15, 0.2) is 0 Å². The average Bonchev–Trinajstić information content (AvgIpc) is 2.67. The fourth-order valence-electron chi connectivity index (χ4n) is 4.21. The average molecular weight is 454 g/mol. The number of nitrogens with zero attached hydrogens (tertiary/aromatic N) is 2. The molecular weight excluding hydrogens is 420 g/mol. The molecule has 0 saturated carbocycles. The maximum absolute atomic E-state index is 13.4. The van der Waals surface area contributed by atoms with Crippen molar-refractivity contribution in [2.24, 2.45) is 5.41 Å². The predicted octanol–water partition coefficient (Wildman–Crippen LogP) is 4.37. The van der Waals surface area contributed by atoms with Crippen LogP contribution >= 0.6 is 0 Å². The highest BCUT2D eigenvalue weighted by molar-refractivity contribution is 6.48. The Morgan fingerprint density at radius 3 is 2.38 bits per heavy atom. The van der Waals surface area contributed by atoms with Crippen LogP contribution in [0.25, 0.3) is 0 Å². The van der Waals surface area contributed by atoms with Crippen molar-refractivity contribution in [3.8, 4) is 11.8 Å². The first-order chi connectivity index (χ1) is 14.7. The summed E-state index contributed by atoms with van der Waals surface area (Å²) < 4.78 is 13.9. The first-order valence-corrected chi connectivity index (χ1v) is 13.2. The Morgan fingerprint density at radius 1 is 1.19 bits per heavy atom. The van der Waals surface area contributed by atoms with Gasteiger partial charge >= 0.3 is 0 Å². The molecule has 0 amide bonds. The fraction of sp³-hybridized carbons (Fsp3) is 0.520. The minimum atomic E-state index is -1.03. The maximum Gasteiger partial charge on any atom is 0.251 e. The minimum absolute atomic E-state index is 0.234. The second-order valence-electron chi connectivity index (χ2n) is 10.4. The first kappa shape index (κ1) is 24.2. The topological polar surface area (TPSA) is 84.5 Å². The largest absolute Gasteiger partial charge is 0.485 e. The normalized spacial score (nSPS) is 21.9. The minimum Gasteiger partial charge on any atom is -0.485 e. The molecule has 1 radical (unpaired) electrons. The molecule has 1 unspecified atom stereocenters. The standard InChI is InChI=1S/C25H33N2O4Si/c1-23(2,3)25(6,31-32(7)8)17-11-12-27(20(28)14-17)21-18-13-16(15-26)9-10-19(18)30-24(4,5)22(21)29/h9-14,21-22,29H,1-8H3/t21-,22+,25?/m0/s1. The third-order valence-electron chi connectivity index (χ3n) is 6.48. The van der Waals surface area contributed by atoms with E-state index in [9.17, 15) is 15.2 Å². The van der Waals surface area contributed by atoms with Crippen LogP contribution in [0.2, 0.25) is 13.1 Å². The molecule has 3 atom stereocenters. The summed E-state index contributed by atoms with van der Waals surface area (Å²) in [6.07, 6.45) is 0.736. The van der Waals surface area contributed by atoms with Gasteiger partial charge in [0.1, 0.15) is 17.5 Å². The second kappa shape index (κ2) is 8.18. The Bertz CT molecular complexity index is 1110. The van der Waals surface area contributed by atoms with Crippen LogP contribution in [0, 0.1) is 16.7 Å². The summed E-state index contributed by atoms with van der Waals surface area (Å²) in [5.41, 5.74) is -0.141. The number of nitriles is 1. The smallest absolute Gasteiger partial charge is 0.251 e. The van der Waals surface area contributed by atoms with E-state index in [-0.39, 0.29) is 11.0 Å². The van der Waals surface area contributed by atoms with Gasteiger partial charge in [0, 0.05) is 17.8 Å². The zero-order valence-electron chi connectivity index (χ0n) is 20.2. The number of aliphatic hydroxyl groups excluding tert-OH is 1. The van der Waals surface area contributed by atoms with E-state index in [1.165, 1.54) is 4.57 Å². The van der Waals surface area contributed by atoms with Crippen LogP contribution in [0.5, 0.6) is 5.75 Å². The van der Waals surface area contributed by atoms with Crippen molar-refractivity contribution < 1.29 is 14.3 Å². The molecule has 7 heteroatoms. The lowest BCUT2D eigenvalue weighted by atomic mass is 9.74. The summed E-state index contributed by atoms with van der Waals surface area (Å²) in [6.45, 7) is 16.1. The van der Waals surface area contributed by atoms with E-state index < -0.39 is 32.4 Å². The van der Waals surface area contributed by atoms with Gasteiger partial charge < -0.3 is 18.8 Å². The molecule has 1 N–H and O–H groups in total. The van der Waals surface area contributed by atoms with Crippen molar-refractivity contribution in [1.82, 2.24) is 4.57 Å². The van der Waals surface area contributed by atoms with Gasteiger partial charge in [-0.25, -0.2) is 0 Å². The zero-order chi connectivity index (χ0) is 24.1. The van der Waals surface area contributed by atoms with Crippen molar-refractivity contribution >= 4 is 9.04 Å². The SMILES string of the molecule is C[Si](C)OC(C)(c1ccn([C@H]2c3cc(C#N)ccc3OC(C)(C)[C@@H]2O)c(=O)c1)C(C)(C)C. The van der Waals surface area contributed by atoms with E-state index in [0.29, 0.717) is 16.9 Å². The molecule has 171 valence electrons. The van der Waals surface area contributed by atoms with Crippen molar-refractivity contribution in [3.05, 3.63) is 63.6 Å². The number of aromatic nitrogens is 1. The molecule has 0 aliphatic carbocycles. The highest BCUT2D eigenvalue weighted by Gasteiger charge is 2.45. The van der Waals surface area contributed by atoms with E-state index >= 15 is 0 Å². The Labute approximate surface area is 192 Å². The lowest BCUT2D eigenvalue weighted by molar-refractivity contribution is -0.0644. The van der Waals surface area contributed by atoms with Gasteiger partial charge in [0.2, 0.25) is 9.04 Å². The molecule has 1 aromatic heterocycles. The molecule has 0 bridgehead atoms. The van der Waals surface area contributed by atoms with Gasteiger partial charge in [-0.2, -0.15) is 5.26 Å². The molecule has 1 aliphatic heterocycles. The van der Waals surface area contributed by atoms with Crippen molar-refractivity contribution in [1.29, 1.82) is 5.26 Å². The van der Waals surface area contributed by atoms with Crippen LogP contribution < -0.4 is 10.3 Å². The Morgan fingerprint density at radius 2 is 1.84 bits per heavy atom. The summed E-state index contributed by atoms with van der Waals surface area (Å²) in [5.74, 6) is 0.562. The highest BCUT2D eigenvalue weighted by atomic mass is 28.3. The number of rotatable bonds is 4. The predicted molar refractivity (Wildman–Crippen MR) is 126 cm³/mol. The molecule has 0 spiro atoms. The van der Waals surface area contributed by atoms with Crippen LogP contribution in [0.3, 0.4) is 0 Å². The number of pyridine rings is 1. The van der Waals surface area contributed by atoms with Crippen molar-refractivity contribution in [3.63, 3.8) is 0 Å². The van der Waals surface area contributed by atoms with Gasteiger partial charge in [-0.15, -0.1) is 0 Å². The van der Waals surface area contributed by atoms with E-state index in [1.807, 2.05) is 13.0 Å². The molecule has 0 fully saturated rings. The number of aliphatic hydroxyl groups is 1. The Kier molecular flexibility index (Phi) is 6.20. The van der Waals surface area contributed by atoms with E-state index in [0.717, 1.165) is 5.56 Å². The monoisotopic (exact) mass is 453 g/mol. The molecular formula is C25H33N2O4Si. The summed E-state index contributed by atoms with van der Waals surface area (Å²) in [6, 6.07) is 10.0. The van der Waals surface area contributed by atoms with Gasteiger partial charge in [-0.3, -0.25) is 4.79 Å². The van der Waals surface area contributed by atoms with Crippen LogP contribution in [-0.2, 0) is 10.0 Å². The molecule has 1 aromatic carbocycles. The van der Waals surface area contributed by atoms with Crippen molar-refractivity contribution in [2.45, 2.75) is 78.0 Å². The van der Waals surface area contributed by atoms with Crippen molar-refractivity contribution in [2.75, 3.05) is 0 Å². The molecule has 2 aromatic rings. The number of hydrogen-bond donors (Lipinski definition) is 1. The van der Waals surface area contributed by atoms with E-state index in [4.69, 9.17) is 9.16 Å². The summed E-state index contributed by atoms with van der Waals surface area (Å²) in [4.78, 5) is 13.4. The molecule has 2 heterocycles. The van der Waals surface area contributed by atoms with Crippen LogP contribution in [0.4, 0.5) is 0 Å². The number of benzene rings is 1. The second-order valence-corrected chi connectivity index (χ2v) is 12.4. The van der Waals surface area contributed by atoms with E-state index in [1.54, 1.807) is 44.3 Å². The Balaban J connectivity index is 2.17. The molecule has 32 heavy (non-hydrogen) atoms. The lowest BCUT2D eigenvalue weighted by Gasteiger charge is -2.44. The summed E-state index contributed by atoms with van der Waals surface area (Å²) >= 11 is 0. The van der Waals surface area contributed by atoms with Crippen LogP contribution in [0.1, 0.15) is 64.3 Å². The maximum atomic E-state index is 13.4. The Hall–Kier alpha value is -2.40. The fourth-order valence-corrected chi connectivity index (χ4v) is 5.45. The quantitative estimate of drug-likeness (QED) is 0.695. The third kappa shape index (κ3) is 4.15. The van der Waals surface area contributed by atoms with Gasteiger partial charge in [0.05, 0.1) is 23.3 Å². The van der Waals surface area contributed by atoms with Gasteiger partial charge in [-0.1, -0.05) is 20.8 Å². The first-order valence-electron chi connectivity index (χ1n) is 10.8. The lowest BCUT2D eigenvalue weighted by Crippen LogP contribution is -2.52. The van der Waals surface area contributed by atoms with Crippen LogP contribution in [-0.4, -0.2) is 30.4 Å². The molecule has 1 aliphatic rings. The number of ether oxygens (including phenoxy) is 1. The molecule has 0 saturated heterocycles. The third-order valence-corrected chi connectivity index (χ3v) is 7.30. The molecule has 6 nitrogen and oxygen atoms in total. The molecule has 3 rings (SSSR count).